The number of carbonyl (C=O) groups is 1. The molecule has 0 aliphatic rings. The zero-order valence-electron chi connectivity index (χ0n) is 11.9. The third kappa shape index (κ3) is 3.67. The molecule has 0 atom stereocenters. The van der Waals surface area contributed by atoms with Gasteiger partial charge in [0.1, 0.15) is 4.88 Å². The highest BCUT2D eigenvalue weighted by molar-refractivity contribution is 7.21. The molecule has 0 bridgehead atoms. The third-order valence-corrected chi connectivity index (χ3v) is 4.77. The lowest BCUT2D eigenvalue weighted by molar-refractivity contribution is 0.0798. The lowest BCUT2D eigenvalue weighted by Gasteiger charge is -2.16. The summed E-state index contributed by atoms with van der Waals surface area (Å²) in [6.45, 7) is 0.856. The monoisotopic (exact) mass is 326 g/mol. The zero-order chi connectivity index (χ0) is 15.4. The molecule has 0 radical (unpaired) electrons. The van der Waals surface area contributed by atoms with Crippen molar-refractivity contribution in [1.82, 2.24) is 4.90 Å². The number of carbonyl (C=O) groups excluding carboxylic acids is 1. The van der Waals surface area contributed by atoms with E-state index in [1.165, 1.54) is 11.3 Å². The van der Waals surface area contributed by atoms with Crippen molar-refractivity contribution < 1.29 is 9.90 Å². The molecule has 3 N–H and O–H groups in total. The van der Waals surface area contributed by atoms with Crippen LogP contribution in [0.15, 0.2) is 18.2 Å². The number of unbranched alkanes of at least 4 members (excludes halogenated alkanes) is 2. The van der Waals surface area contributed by atoms with E-state index >= 15 is 0 Å². The van der Waals surface area contributed by atoms with E-state index in [1.54, 1.807) is 18.0 Å². The maximum absolute atomic E-state index is 12.5. The van der Waals surface area contributed by atoms with Crippen LogP contribution in [-0.2, 0) is 0 Å². The third-order valence-electron chi connectivity index (χ3n) is 3.38. The number of thiophene rings is 1. The van der Waals surface area contributed by atoms with Gasteiger partial charge in [-0.25, -0.2) is 0 Å². The molecule has 114 valence electrons. The van der Waals surface area contributed by atoms with E-state index in [9.17, 15) is 4.79 Å². The van der Waals surface area contributed by atoms with Gasteiger partial charge in [-0.1, -0.05) is 11.6 Å². The summed E-state index contributed by atoms with van der Waals surface area (Å²) in [7, 11) is 1.78. The van der Waals surface area contributed by atoms with Crippen molar-refractivity contribution in [3.8, 4) is 0 Å². The van der Waals surface area contributed by atoms with Gasteiger partial charge < -0.3 is 15.7 Å². The molecule has 1 aromatic heterocycles. The number of hydrogen-bond acceptors (Lipinski definition) is 4. The van der Waals surface area contributed by atoms with Crippen molar-refractivity contribution in [2.45, 2.75) is 19.3 Å². The first-order valence-electron chi connectivity index (χ1n) is 6.88. The second-order valence-electron chi connectivity index (χ2n) is 5.00. The van der Waals surface area contributed by atoms with Crippen molar-refractivity contribution >= 4 is 44.6 Å². The zero-order valence-corrected chi connectivity index (χ0v) is 13.5. The average Bonchev–Trinajstić information content (AvgIpc) is 2.79. The van der Waals surface area contributed by atoms with Crippen molar-refractivity contribution in [3.63, 3.8) is 0 Å². The number of amides is 1. The molecule has 2 rings (SSSR count). The van der Waals surface area contributed by atoms with Crippen LogP contribution in [-0.4, -0.2) is 36.1 Å². The fraction of sp³-hybridized carbons (Fsp3) is 0.400. The van der Waals surface area contributed by atoms with Crippen LogP contribution >= 0.6 is 22.9 Å². The number of nitrogens with zero attached hydrogens (tertiary/aromatic N) is 1. The molecule has 1 aromatic carbocycles. The molecule has 1 amide bonds. The van der Waals surface area contributed by atoms with Gasteiger partial charge in [0.05, 0.1) is 5.69 Å². The number of nitrogens with two attached hydrogens (primary N) is 1. The van der Waals surface area contributed by atoms with Crippen LogP contribution in [0, 0.1) is 0 Å². The Morgan fingerprint density at radius 3 is 2.86 bits per heavy atom. The van der Waals surface area contributed by atoms with Crippen LogP contribution in [0.2, 0.25) is 5.02 Å². The van der Waals surface area contributed by atoms with Crippen LogP contribution in [0.4, 0.5) is 5.69 Å². The fourth-order valence-corrected chi connectivity index (χ4v) is 3.56. The maximum atomic E-state index is 12.5. The van der Waals surface area contributed by atoms with Gasteiger partial charge in [-0.3, -0.25) is 4.79 Å². The van der Waals surface area contributed by atoms with Crippen LogP contribution in [0.5, 0.6) is 0 Å². The summed E-state index contributed by atoms with van der Waals surface area (Å²) in [5.74, 6) is -0.0613. The number of aliphatic hydroxyl groups is 1. The first-order valence-corrected chi connectivity index (χ1v) is 8.08. The summed E-state index contributed by atoms with van der Waals surface area (Å²) >= 11 is 7.35. The number of hydrogen-bond donors (Lipinski definition) is 2. The summed E-state index contributed by atoms with van der Waals surface area (Å²) in [5.41, 5.74) is 6.62. The molecule has 4 nitrogen and oxygen atoms in total. The Morgan fingerprint density at radius 2 is 2.14 bits per heavy atom. The maximum Gasteiger partial charge on any atom is 0.265 e. The van der Waals surface area contributed by atoms with Gasteiger partial charge >= 0.3 is 0 Å². The van der Waals surface area contributed by atoms with E-state index in [4.69, 9.17) is 22.4 Å². The number of benzene rings is 1. The second kappa shape index (κ2) is 7.11. The van der Waals surface area contributed by atoms with Gasteiger partial charge in [-0.05, 0) is 37.5 Å². The Kier molecular flexibility index (Phi) is 5.45. The van der Waals surface area contributed by atoms with Crippen LogP contribution in [0.1, 0.15) is 28.9 Å². The fourth-order valence-electron chi connectivity index (χ4n) is 2.16. The van der Waals surface area contributed by atoms with Gasteiger partial charge in [0.2, 0.25) is 0 Å². The number of aliphatic hydroxyl groups excluding tert-OH is 1. The molecule has 1 heterocycles. The lowest BCUT2D eigenvalue weighted by Crippen LogP contribution is -2.27. The van der Waals surface area contributed by atoms with E-state index in [0.717, 1.165) is 29.3 Å². The predicted octanol–water partition coefficient (Wildman–Crippen LogP) is 3.37. The highest BCUT2D eigenvalue weighted by Crippen LogP contribution is 2.35. The van der Waals surface area contributed by atoms with Crippen molar-refractivity contribution in [1.29, 1.82) is 0 Å². The van der Waals surface area contributed by atoms with E-state index in [0.29, 0.717) is 22.1 Å². The van der Waals surface area contributed by atoms with E-state index < -0.39 is 0 Å². The van der Waals surface area contributed by atoms with Gasteiger partial charge in [-0.2, -0.15) is 0 Å². The van der Waals surface area contributed by atoms with Crippen LogP contribution in [0.3, 0.4) is 0 Å². The molecule has 2 aromatic rings. The highest BCUT2D eigenvalue weighted by Gasteiger charge is 2.19. The SMILES string of the molecule is CN(CCCCCO)C(=O)c1sc2cc(Cl)ccc2c1N. The van der Waals surface area contributed by atoms with E-state index in [2.05, 4.69) is 0 Å². The number of fused-ring (bicyclic) bond motifs is 1. The summed E-state index contributed by atoms with van der Waals surface area (Å²) in [6.07, 6.45) is 2.55. The molecule has 0 aliphatic carbocycles. The Balaban J connectivity index is 2.13. The molecule has 21 heavy (non-hydrogen) atoms. The average molecular weight is 327 g/mol. The van der Waals surface area contributed by atoms with Crippen LogP contribution in [0.25, 0.3) is 10.1 Å². The first-order chi connectivity index (χ1) is 10.0. The van der Waals surface area contributed by atoms with Crippen molar-refractivity contribution in [3.05, 3.63) is 28.1 Å². The molecule has 0 aliphatic heterocycles. The minimum absolute atomic E-state index is 0.0613. The Bertz CT molecular complexity index is 642. The Labute approximate surface area is 133 Å². The second-order valence-corrected chi connectivity index (χ2v) is 6.48. The van der Waals surface area contributed by atoms with Crippen molar-refractivity contribution in [2.75, 3.05) is 25.9 Å². The summed E-state index contributed by atoms with van der Waals surface area (Å²) in [5, 5.41) is 10.3. The lowest BCUT2D eigenvalue weighted by atomic mass is 10.2. The van der Waals surface area contributed by atoms with E-state index in [1.807, 2.05) is 12.1 Å². The number of halogens is 1. The van der Waals surface area contributed by atoms with Gasteiger partial charge in [0, 0.05) is 35.3 Å². The van der Waals surface area contributed by atoms with Crippen molar-refractivity contribution in [2.24, 2.45) is 0 Å². The Hall–Kier alpha value is -1.30. The molecular weight excluding hydrogens is 308 g/mol. The Morgan fingerprint density at radius 1 is 1.38 bits per heavy atom. The topological polar surface area (TPSA) is 66.6 Å². The van der Waals surface area contributed by atoms with Gasteiger partial charge in [-0.15, -0.1) is 11.3 Å². The molecule has 0 unspecified atom stereocenters. The highest BCUT2D eigenvalue weighted by atomic mass is 35.5. The van der Waals surface area contributed by atoms with Crippen LogP contribution < -0.4 is 5.73 Å². The summed E-state index contributed by atoms with van der Waals surface area (Å²) < 4.78 is 0.928. The summed E-state index contributed by atoms with van der Waals surface area (Å²) in [4.78, 5) is 14.7. The van der Waals surface area contributed by atoms with Gasteiger partial charge in [0.25, 0.3) is 5.91 Å². The number of rotatable bonds is 6. The normalized spacial score (nSPS) is 11.0. The quantitative estimate of drug-likeness (QED) is 0.800. The largest absolute Gasteiger partial charge is 0.397 e. The molecule has 0 saturated carbocycles. The molecule has 6 heteroatoms. The molecule has 0 saturated heterocycles. The minimum atomic E-state index is -0.0613. The number of nitrogen functional groups attached to an aromatic ring is 1. The van der Waals surface area contributed by atoms with E-state index in [-0.39, 0.29) is 12.5 Å². The molecule has 0 spiro atoms. The van der Waals surface area contributed by atoms with Gasteiger partial charge in [0.15, 0.2) is 0 Å². The minimum Gasteiger partial charge on any atom is -0.397 e. The standard InChI is InChI=1S/C15H19ClN2O2S/c1-18(7-3-2-4-8-19)15(20)14-13(17)11-6-5-10(16)9-12(11)21-14/h5-6,9,19H,2-4,7-8,17H2,1H3. The predicted molar refractivity (Wildman–Crippen MR) is 89.1 cm³/mol. The first kappa shape index (κ1) is 16.1. The summed E-state index contributed by atoms with van der Waals surface area (Å²) in [6, 6.07) is 5.46. The smallest absolute Gasteiger partial charge is 0.265 e. The molecular formula is C15H19ClN2O2S. The number of anilines is 1. The molecule has 0 fully saturated rings.